The van der Waals surface area contributed by atoms with Gasteiger partial charge in [0.05, 0.1) is 6.26 Å². The number of nitrogens with one attached hydrogen (secondary N) is 1. The molecular weight excluding hydrogens is 210 g/mol. The van der Waals surface area contributed by atoms with Crippen molar-refractivity contribution in [3.8, 4) is 0 Å². The molecule has 0 bridgehead atoms. The Morgan fingerprint density at radius 2 is 2.12 bits per heavy atom. The van der Waals surface area contributed by atoms with Crippen molar-refractivity contribution in [1.82, 2.24) is 5.32 Å². The molecule has 0 atom stereocenters. The minimum Gasteiger partial charge on any atom is -0.464 e. The van der Waals surface area contributed by atoms with Gasteiger partial charge in [0.25, 0.3) is 0 Å². The normalized spacial score (nSPS) is 11.5. The zero-order chi connectivity index (χ0) is 12.3. The van der Waals surface area contributed by atoms with Crippen molar-refractivity contribution in [2.75, 3.05) is 6.54 Å². The summed E-state index contributed by atoms with van der Waals surface area (Å²) in [6.07, 6.45) is 3.05. The zero-order valence-corrected chi connectivity index (χ0v) is 10.9. The van der Waals surface area contributed by atoms with E-state index in [1.54, 1.807) is 0 Å². The number of furan rings is 1. The smallest absolute Gasteiger partial charge is 0.137 e. The van der Waals surface area contributed by atoms with E-state index in [0.29, 0.717) is 5.92 Å². The van der Waals surface area contributed by atoms with Gasteiger partial charge >= 0.3 is 0 Å². The Kier molecular flexibility index (Phi) is 3.85. The Balaban J connectivity index is 2.31. The van der Waals surface area contributed by atoms with E-state index in [4.69, 9.17) is 4.42 Å². The summed E-state index contributed by atoms with van der Waals surface area (Å²) in [5, 5.41) is 4.67. The monoisotopic (exact) mass is 231 g/mol. The highest BCUT2D eigenvalue weighted by Gasteiger charge is 2.11. The van der Waals surface area contributed by atoms with Crippen molar-refractivity contribution in [2.24, 2.45) is 0 Å². The highest BCUT2D eigenvalue weighted by atomic mass is 16.3. The summed E-state index contributed by atoms with van der Waals surface area (Å²) in [5.41, 5.74) is 3.61. The number of rotatable bonds is 5. The van der Waals surface area contributed by atoms with E-state index in [-0.39, 0.29) is 0 Å². The second-order valence-electron chi connectivity index (χ2n) is 4.82. The van der Waals surface area contributed by atoms with E-state index in [0.717, 1.165) is 25.1 Å². The molecule has 17 heavy (non-hydrogen) atoms. The maximum absolute atomic E-state index is 5.73. The van der Waals surface area contributed by atoms with Gasteiger partial charge < -0.3 is 9.73 Å². The number of benzene rings is 1. The van der Waals surface area contributed by atoms with Gasteiger partial charge in [0, 0.05) is 17.5 Å². The first-order chi connectivity index (χ1) is 8.24. The van der Waals surface area contributed by atoms with Crippen molar-refractivity contribution in [1.29, 1.82) is 0 Å². The Labute approximate surface area is 103 Å². The molecule has 0 aliphatic carbocycles. The van der Waals surface area contributed by atoms with Crippen molar-refractivity contribution >= 4 is 11.0 Å². The van der Waals surface area contributed by atoms with E-state index in [1.165, 1.54) is 16.5 Å². The molecule has 1 aromatic carbocycles. The quantitative estimate of drug-likeness (QED) is 0.785. The minimum atomic E-state index is 0.501. The van der Waals surface area contributed by atoms with Gasteiger partial charge in [-0.25, -0.2) is 0 Å². The molecule has 2 aromatic rings. The molecule has 2 rings (SSSR count). The lowest BCUT2D eigenvalue weighted by Gasteiger charge is -2.05. The van der Waals surface area contributed by atoms with Crippen LogP contribution in [-0.2, 0) is 6.54 Å². The summed E-state index contributed by atoms with van der Waals surface area (Å²) < 4.78 is 5.73. The zero-order valence-electron chi connectivity index (χ0n) is 10.9. The number of para-hydroxylation sites is 1. The molecule has 0 radical (unpaired) electrons. The Morgan fingerprint density at radius 1 is 1.29 bits per heavy atom. The standard InChI is InChI=1S/C15H21NO/c1-4-8-16-9-12-10-17-15-13(11(2)3)6-5-7-14(12)15/h5-7,10-11,16H,4,8-9H2,1-3H3. The molecule has 0 unspecified atom stereocenters. The molecular formula is C15H21NO. The molecule has 1 heterocycles. The van der Waals surface area contributed by atoms with Crippen LogP contribution in [0.1, 0.15) is 44.2 Å². The third-order valence-corrected chi connectivity index (χ3v) is 3.07. The fraction of sp³-hybridized carbons (Fsp3) is 0.467. The van der Waals surface area contributed by atoms with Gasteiger partial charge in [0.1, 0.15) is 5.58 Å². The van der Waals surface area contributed by atoms with Gasteiger partial charge in [-0.15, -0.1) is 0 Å². The number of hydrogen-bond donors (Lipinski definition) is 1. The molecule has 0 aliphatic heterocycles. The minimum absolute atomic E-state index is 0.501. The first-order valence-electron chi connectivity index (χ1n) is 6.43. The van der Waals surface area contributed by atoms with E-state index in [2.05, 4.69) is 44.3 Å². The lowest BCUT2D eigenvalue weighted by atomic mass is 10.0. The van der Waals surface area contributed by atoms with Crippen molar-refractivity contribution in [2.45, 2.75) is 39.7 Å². The highest BCUT2D eigenvalue weighted by molar-refractivity contribution is 5.84. The Hall–Kier alpha value is -1.28. The molecule has 2 nitrogen and oxygen atoms in total. The molecule has 0 spiro atoms. The van der Waals surface area contributed by atoms with Crippen LogP contribution in [0.15, 0.2) is 28.9 Å². The first kappa shape index (κ1) is 12.2. The van der Waals surface area contributed by atoms with Crippen LogP contribution in [0.2, 0.25) is 0 Å². The molecule has 0 fully saturated rings. The summed E-state index contributed by atoms with van der Waals surface area (Å²) in [6.45, 7) is 8.52. The maximum Gasteiger partial charge on any atom is 0.137 e. The first-order valence-corrected chi connectivity index (χ1v) is 6.43. The predicted octanol–water partition coefficient (Wildman–Crippen LogP) is 4.06. The van der Waals surface area contributed by atoms with Gasteiger partial charge in [0.15, 0.2) is 0 Å². The number of fused-ring (bicyclic) bond motifs is 1. The van der Waals surface area contributed by atoms with Gasteiger partial charge in [-0.05, 0) is 24.4 Å². The molecule has 0 aliphatic rings. The van der Waals surface area contributed by atoms with Crippen molar-refractivity contribution < 1.29 is 4.42 Å². The molecule has 1 aromatic heterocycles. The van der Waals surface area contributed by atoms with Crippen molar-refractivity contribution in [3.05, 3.63) is 35.6 Å². The van der Waals surface area contributed by atoms with E-state index in [1.807, 2.05) is 6.26 Å². The Bertz CT molecular complexity index is 485. The van der Waals surface area contributed by atoms with Crippen LogP contribution in [0.4, 0.5) is 0 Å². The Morgan fingerprint density at radius 3 is 2.82 bits per heavy atom. The van der Waals surface area contributed by atoms with Crippen LogP contribution in [0.3, 0.4) is 0 Å². The number of hydrogen-bond acceptors (Lipinski definition) is 2. The predicted molar refractivity (Wildman–Crippen MR) is 72.3 cm³/mol. The summed E-state index contributed by atoms with van der Waals surface area (Å²) in [7, 11) is 0. The summed E-state index contributed by atoms with van der Waals surface area (Å²) >= 11 is 0. The average Bonchev–Trinajstić information content (AvgIpc) is 2.72. The van der Waals surface area contributed by atoms with Crippen LogP contribution in [-0.4, -0.2) is 6.54 Å². The van der Waals surface area contributed by atoms with E-state index in [9.17, 15) is 0 Å². The second kappa shape index (κ2) is 5.37. The van der Waals surface area contributed by atoms with E-state index >= 15 is 0 Å². The van der Waals surface area contributed by atoms with Crippen LogP contribution in [0, 0.1) is 0 Å². The van der Waals surface area contributed by atoms with Gasteiger partial charge in [0.2, 0.25) is 0 Å². The van der Waals surface area contributed by atoms with Gasteiger partial charge in [-0.1, -0.05) is 39.0 Å². The summed E-state index contributed by atoms with van der Waals surface area (Å²) in [4.78, 5) is 0. The lowest BCUT2D eigenvalue weighted by molar-refractivity contribution is 0.594. The fourth-order valence-corrected chi connectivity index (χ4v) is 2.12. The van der Waals surface area contributed by atoms with Gasteiger partial charge in [-0.3, -0.25) is 0 Å². The molecule has 2 heteroatoms. The maximum atomic E-state index is 5.73. The fourth-order valence-electron chi connectivity index (χ4n) is 2.12. The summed E-state index contributed by atoms with van der Waals surface area (Å²) in [6, 6.07) is 6.42. The molecule has 0 saturated heterocycles. The third kappa shape index (κ3) is 2.52. The van der Waals surface area contributed by atoms with Gasteiger partial charge in [-0.2, -0.15) is 0 Å². The van der Waals surface area contributed by atoms with Crippen molar-refractivity contribution in [3.63, 3.8) is 0 Å². The summed E-state index contributed by atoms with van der Waals surface area (Å²) in [5.74, 6) is 0.501. The average molecular weight is 231 g/mol. The third-order valence-electron chi connectivity index (χ3n) is 3.07. The topological polar surface area (TPSA) is 25.2 Å². The van der Waals surface area contributed by atoms with Crippen LogP contribution in [0.25, 0.3) is 11.0 Å². The van der Waals surface area contributed by atoms with Crippen LogP contribution < -0.4 is 5.32 Å². The molecule has 0 amide bonds. The van der Waals surface area contributed by atoms with E-state index < -0.39 is 0 Å². The van der Waals surface area contributed by atoms with Crippen LogP contribution in [0.5, 0.6) is 0 Å². The molecule has 1 N–H and O–H groups in total. The molecule has 0 saturated carbocycles. The molecule has 92 valence electrons. The largest absolute Gasteiger partial charge is 0.464 e. The highest BCUT2D eigenvalue weighted by Crippen LogP contribution is 2.28. The lowest BCUT2D eigenvalue weighted by Crippen LogP contribution is -2.13. The van der Waals surface area contributed by atoms with Crippen LogP contribution >= 0.6 is 0 Å². The SMILES string of the molecule is CCCNCc1coc2c(C(C)C)cccc12. The second-order valence-corrected chi connectivity index (χ2v) is 4.82.